The van der Waals surface area contributed by atoms with Crippen molar-refractivity contribution in [3.63, 3.8) is 0 Å². The summed E-state index contributed by atoms with van der Waals surface area (Å²) in [5, 5.41) is 4.88. The smallest absolute Gasteiger partial charge is 0.282 e. The van der Waals surface area contributed by atoms with E-state index in [0.29, 0.717) is 4.47 Å². The normalized spacial score (nSPS) is 15.1. The van der Waals surface area contributed by atoms with E-state index in [1.54, 1.807) is 13.2 Å². The molecule has 3 rings (SSSR count). The number of benzene rings is 1. The van der Waals surface area contributed by atoms with E-state index in [1.807, 2.05) is 18.2 Å². The number of anilines is 2. The van der Waals surface area contributed by atoms with Crippen molar-refractivity contribution in [3.8, 4) is 0 Å². The van der Waals surface area contributed by atoms with Gasteiger partial charge in [0, 0.05) is 43.9 Å². The Morgan fingerprint density at radius 2 is 1.74 bits per heavy atom. The zero-order valence-corrected chi connectivity index (χ0v) is 15.4. The van der Waals surface area contributed by atoms with E-state index < -0.39 is 0 Å². The highest BCUT2D eigenvalue weighted by atomic mass is 79.9. The van der Waals surface area contributed by atoms with E-state index >= 15 is 0 Å². The predicted molar refractivity (Wildman–Crippen MR) is 97.8 cm³/mol. The second kappa shape index (κ2) is 6.53. The average Bonchev–Trinajstić information content (AvgIpc) is 2.55. The summed E-state index contributed by atoms with van der Waals surface area (Å²) in [4.78, 5) is 16.5. The van der Waals surface area contributed by atoms with Crippen LogP contribution in [0.1, 0.15) is 5.56 Å². The van der Waals surface area contributed by atoms with Gasteiger partial charge in [-0.15, -0.1) is 0 Å². The molecule has 5 nitrogen and oxygen atoms in total. The molecule has 0 spiro atoms. The van der Waals surface area contributed by atoms with Gasteiger partial charge in [0.25, 0.3) is 5.56 Å². The van der Waals surface area contributed by atoms with Crippen molar-refractivity contribution in [1.82, 2.24) is 9.78 Å². The average molecular weight is 398 g/mol. The number of rotatable bonds is 2. The summed E-state index contributed by atoms with van der Waals surface area (Å²) in [5.41, 5.74) is 3.14. The molecule has 1 aliphatic heterocycles. The summed E-state index contributed by atoms with van der Waals surface area (Å²) in [6, 6.07) is 5.98. The van der Waals surface area contributed by atoms with Crippen LogP contribution in [-0.2, 0) is 7.05 Å². The topological polar surface area (TPSA) is 41.4 Å². The molecule has 0 atom stereocenters. The second-order valence-corrected chi connectivity index (χ2v) is 6.91. The molecule has 122 valence electrons. The van der Waals surface area contributed by atoms with Crippen molar-refractivity contribution in [2.75, 3.05) is 36.0 Å². The van der Waals surface area contributed by atoms with Gasteiger partial charge in [0.1, 0.15) is 4.47 Å². The maximum absolute atomic E-state index is 12.0. The number of aryl methyl sites for hydroxylation is 2. The molecule has 1 aromatic heterocycles. The van der Waals surface area contributed by atoms with Crippen molar-refractivity contribution >= 4 is 38.9 Å². The fraction of sp³-hybridized carbons (Fsp3) is 0.375. The van der Waals surface area contributed by atoms with Gasteiger partial charge in [-0.05, 0) is 40.5 Å². The van der Waals surface area contributed by atoms with E-state index in [2.05, 4.69) is 37.8 Å². The third-order valence-corrected chi connectivity index (χ3v) is 5.17. The number of halogens is 2. The van der Waals surface area contributed by atoms with E-state index in [4.69, 9.17) is 11.6 Å². The molecule has 0 unspecified atom stereocenters. The number of hydrogen-bond donors (Lipinski definition) is 0. The van der Waals surface area contributed by atoms with Crippen LogP contribution in [0.25, 0.3) is 0 Å². The third kappa shape index (κ3) is 3.23. The Morgan fingerprint density at radius 3 is 2.39 bits per heavy atom. The van der Waals surface area contributed by atoms with Gasteiger partial charge in [-0.1, -0.05) is 17.7 Å². The molecule has 0 bridgehead atoms. The van der Waals surface area contributed by atoms with Gasteiger partial charge >= 0.3 is 0 Å². The number of aromatic nitrogens is 2. The predicted octanol–water partition coefficient (Wildman–Crippen LogP) is 2.83. The molecule has 1 aromatic carbocycles. The van der Waals surface area contributed by atoms with Crippen LogP contribution in [0.2, 0.25) is 5.02 Å². The van der Waals surface area contributed by atoms with Crippen LogP contribution >= 0.6 is 27.5 Å². The van der Waals surface area contributed by atoms with Crippen molar-refractivity contribution in [1.29, 1.82) is 0 Å². The fourth-order valence-corrected chi connectivity index (χ4v) is 3.61. The number of piperazine rings is 1. The highest BCUT2D eigenvalue weighted by Gasteiger charge is 2.21. The summed E-state index contributed by atoms with van der Waals surface area (Å²) in [5.74, 6) is 0. The lowest BCUT2D eigenvalue weighted by Crippen LogP contribution is -2.47. The Kier molecular flexibility index (Phi) is 4.64. The molecule has 2 heterocycles. The lowest BCUT2D eigenvalue weighted by molar-refractivity contribution is 0.640. The molecule has 1 aliphatic rings. The van der Waals surface area contributed by atoms with Gasteiger partial charge < -0.3 is 9.80 Å². The molecule has 23 heavy (non-hydrogen) atoms. The number of nitrogens with zero attached hydrogens (tertiary/aromatic N) is 4. The summed E-state index contributed by atoms with van der Waals surface area (Å²) in [7, 11) is 1.65. The maximum Gasteiger partial charge on any atom is 0.282 e. The summed E-state index contributed by atoms with van der Waals surface area (Å²) >= 11 is 9.53. The zero-order valence-electron chi connectivity index (χ0n) is 13.1. The fourth-order valence-electron chi connectivity index (χ4n) is 2.83. The molecule has 0 saturated carbocycles. The standard InChI is InChI=1S/C16H18BrClN4O/c1-11-3-4-12(18)9-13(11)21-5-7-22(8-6-21)14-10-19-20(2)16(23)15(14)17/h3-4,9-10H,5-8H2,1-2H3. The molecule has 0 radical (unpaired) electrons. The van der Waals surface area contributed by atoms with E-state index in [0.717, 1.165) is 36.9 Å². The van der Waals surface area contributed by atoms with Crippen molar-refractivity contribution in [2.24, 2.45) is 7.05 Å². The first-order valence-electron chi connectivity index (χ1n) is 7.45. The van der Waals surface area contributed by atoms with Gasteiger partial charge in [0.05, 0.1) is 11.9 Å². The molecular formula is C16H18BrClN4O. The molecule has 1 saturated heterocycles. The minimum atomic E-state index is -0.115. The van der Waals surface area contributed by atoms with Crippen LogP contribution in [0.5, 0.6) is 0 Å². The quantitative estimate of drug-likeness (QED) is 0.781. The minimum absolute atomic E-state index is 0.115. The van der Waals surface area contributed by atoms with Gasteiger partial charge in [-0.2, -0.15) is 5.10 Å². The lowest BCUT2D eigenvalue weighted by Gasteiger charge is -2.38. The molecule has 0 amide bonds. The number of hydrogen-bond acceptors (Lipinski definition) is 4. The van der Waals surface area contributed by atoms with Crippen LogP contribution in [0.3, 0.4) is 0 Å². The van der Waals surface area contributed by atoms with Gasteiger partial charge in [0.2, 0.25) is 0 Å². The van der Waals surface area contributed by atoms with E-state index in [1.165, 1.54) is 15.9 Å². The van der Waals surface area contributed by atoms with Crippen LogP contribution < -0.4 is 15.4 Å². The molecule has 7 heteroatoms. The summed E-state index contributed by atoms with van der Waals surface area (Å²) in [6.07, 6.45) is 1.74. The van der Waals surface area contributed by atoms with Crippen LogP contribution in [0.4, 0.5) is 11.4 Å². The van der Waals surface area contributed by atoms with Crippen molar-refractivity contribution in [3.05, 3.63) is 49.8 Å². The molecule has 2 aromatic rings. The molecule has 0 N–H and O–H groups in total. The molecular weight excluding hydrogens is 380 g/mol. The Morgan fingerprint density at radius 1 is 1.13 bits per heavy atom. The largest absolute Gasteiger partial charge is 0.368 e. The summed E-state index contributed by atoms with van der Waals surface area (Å²) < 4.78 is 1.90. The van der Waals surface area contributed by atoms with Crippen molar-refractivity contribution in [2.45, 2.75) is 6.92 Å². The molecule has 0 aliphatic carbocycles. The molecule has 1 fully saturated rings. The Balaban J connectivity index is 1.78. The first-order valence-corrected chi connectivity index (χ1v) is 8.62. The van der Waals surface area contributed by atoms with E-state index in [9.17, 15) is 4.79 Å². The first kappa shape index (κ1) is 16.3. The second-order valence-electron chi connectivity index (χ2n) is 5.68. The first-order chi connectivity index (χ1) is 11.0. The zero-order chi connectivity index (χ0) is 16.6. The maximum atomic E-state index is 12.0. The Bertz CT molecular complexity index is 784. The van der Waals surface area contributed by atoms with Gasteiger partial charge in [-0.3, -0.25) is 4.79 Å². The third-order valence-electron chi connectivity index (χ3n) is 4.19. The minimum Gasteiger partial charge on any atom is -0.368 e. The van der Waals surface area contributed by atoms with Crippen molar-refractivity contribution < 1.29 is 0 Å². The monoisotopic (exact) mass is 396 g/mol. The summed E-state index contributed by atoms with van der Waals surface area (Å²) in [6.45, 7) is 5.52. The van der Waals surface area contributed by atoms with Crippen LogP contribution in [0.15, 0.2) is 33.7 Å². The highest BCUT2D eigenvalue weighted by molar-refractivity contribution is 9.10. The Labute approximate surface area is 148 Å². The lowest BCUT2D eigenvalue weighted by atomic mass is 10.1. The van der Waals surface area contributed by atoms with E-state index in [-0.39, 0.29) is 5.56 Å². The van der Waals surface area contributed by atoms with Gasteiger partial charge in [-0.25, -0.2) is 4.68 Å². The van der Waals surface area contributed by atoms with Crippen LogP contribution in [0, 0.1) is 6.92 Å². The highest BCUT2D eigenvalue weighted by Crippen LogP contribution is 2.27. The van der Waals surface area contributed by atoms with Gasteiger partial charge in [0.15, 0.2) is 0 Å². The van der Waals surface area contributed by atoms with Crippen LogP contribution in [-0.4, -0.2) is 36.0 Å². The SMILES string of the molecule is Cc1ccc(Cl)cc1N1CCN(c2cnn(C)c(=O)c2Br)CC1. The Hall–Kier alpha value is -1.53.